The molecule has 1 aliphatic heterocycles. The van der Waals surface area contributed by atoms with Crippen molar-refractivity contribution in [3.63, 3.8) is 0 Å². The molecule has 3 nitrogen and oxygen atoms in total. The number of rotatable bonds is 1. The van der Waals surface area contributed by atoms with Gasteiger partial charge < -0.3 is 9.72 Å². The fraction of sp³-hybridized carbons (Fsp3) is 0.385. The van der Waals surface area contributed by atoms with Crippen LogP contribution in [-0.4, -0.2) is 36.7 Å². The van der Waals surface area contributed by atoms with Crippen molar-refractivity contribution < 1.29 is 4.74 Å². The average Bonchev–Trinajstić information content (AvgIpc) is 2.73. The topological polar surface area (TPSA) is 28.3 Å². The smallest absolute Gasteiger partial charge is 0.0734 e. The Morgan fingerprint density at radius 3 is 3.06 bits per heavy atom. The lowest BCUT2D eigenvalue weighted by atomic mass is 10.1. The van der Waals surface area contributed by atoms with Crippen LogP contribution in [0.15, 0.2) is 30.3 Å². The van der Waals surface area contributed by atoms with E-state index in [1.54, 1.807) is 0 Å². The summed E-state index contributed by atoms with van der Waals surface area (Å²) in [4.78, 5) is 5.82. The second kappa shape index (κ2) is 3.92. The molecule has 1 aromatic carbocycles. The average molecular weight is 216 g/mol. The van der Waals surface area contributed by atoms with Gasteiger partial charge in [0.25, 0.3) is 0 Å². The number of fused-ring (bicyclic) bond motifs is 1. The predicted molar refractivity (Wildman–Crippen MR) is 64.5 cm³/mol. The summed E-state index contributed by atoms with van der Waals surface area (Å²) in [7, 11) is 2.15. The molecule has 1 aromatic heterocycles. The van der Waals surface area contributed by atoms with Crippen LogP contribution in [0, 0.1) is 0 Å². The number of para-hydroxylation sites is 1. The number of aromatic nitrogens is 1. The summed E-state index contributed by atoms with van der Waals surface area (Å²) >= 11 is 0. The highest BCUT2D eigenvalue weighted by molar-refractivity contribution is 5.80. The molecule has 0 aliphatic carbocycles. The molecule has 2 aromatic rings. The molecule has 0 bridgehead atoms. The van der Waals surface area contributed by atoms with E-state index < -0.39 is 0 Å². The van der Waals surface area contributed by atoms with E-state index in [9.17, 15) is 0 Å². The number of nitrogens with one attached hydrogen (secondary N) is 1. The first-order valence-corrected chi connectivity index (χ1v) is 5.70. The van der Waals surface area contributed by atoms with Crippen molar-refractivity contribution in [1.82, 2.24) is 9.88 Å². The van der Waals surface area contributed by atoms with Gasteiger partial charge in [0, 0.05) is 17.8 Å². The van der Waals surface area contributed by atoms with Gasteiger partial charge in [0.1, 0.15) is 0 Å². The lowest BCUT2D eigenvalue weighted by Gasteiger charge is -2.31. The number of ether oxygens (including phenoxy) is 1. The third-order valence-corrected chi connectivity index (χ3v) is 3.31. The number of likely N-dealkylation sites (N-methyl/N-ethyl adjacent to an activating group) is 1. The third-order valence-electron chi connectivity index (χ3n) is 3.31. The molecule has 0 radical (unpaired) electrons. The fourth-order valence-electron chi connectivity index (χ4n) is 2.29. The van der Waals surface area contributed by atoms with Crippen LogP contribution in [-0.2, 0) is 4.74 Å². The second-order valence-electron chi connectivity index (χ2n) is 4.38. The summed E-state index contributed by atoms with van der Waals surface area (Å²) in [5.41, 5.74) is 2.46. The number of hydrogen-bond donors (Lipinski definition) is 1. The molecule has 0 saturated carbocycles. The summed E-state index contributed by atoms with van der Waals surface area (Å²) in [6.45, 7) is 2.62. The first-order chi connectivity index (χ1) is 7.84. The molecule has 16 heavy (non-hydrogen) atoms. The maximum atomic E-state index is 5.54. The highest BCUT2D eigenvalue weighted by Gasteiger charge is 2.22. The number of hydrogen-bond acceptors (Lipinski definition) is 2. The van der Waals surface area contributed by atoms with E-state index in [1.165, 1.54) is 16.6 Å². The minimum atomic E-state index is 0.362. The van der Waals surface area contributed by atoms with E-state index >= 15 is 0 Å². The summed E-state index contributed by atoms with van der Waals surface area (Å²) in [6, 6.07) is 11.0. The Labute approximate surface area is 95.0 Å². The second-order valence-corrected chi connectivity index (χ2v) is 4.38. The molecular formula is C13H16N2O. The van der Waals surface area contributed by atoms with Crippen LogP contribution in [0.5, 0.6) is 0 Å². The quantitative estimate of drug-likeness (QED) is 0.791. The molecule has 3 heteroatoms. The molecule has 84 valence electrons. The maximum absolute atomic E-state index is 5.54. The fourth-order valence-corrected chi connectivity index (χ4v) is 2.29. The molecule has 0 spiro atoms. The predicted octanol–water partition coefficient (Wildman–Crippen LogP) is 2.17. The lowest BCUT2D eigenvalue weighted by Crippen LogP contribution is -2.36. The van der Waals surface area contributed by atoms with Crippen LogP contribution in [0.2, 0.25) is 0 Å². The van der Waals surface area contributed by atoms with Gasteiger partial charge in [0.05, 0.1) is 19.3 Å². The summed E-state index contributed by atoms with van der Waals surface area (Å²) < 4.78 is 5.54. The molecule has 3 rings (SSSR count). The van der Waals surface area contributed by atoms with E-state index in [1.807, 2.05) is 0 Å². The van der Waals surface area contributed by atoms with Gasteiger partial charge in [-0.2, -0.15) is 0 Å². The Morgan fingerprint density at radius 2 is 2.25 bits per heavy atom. The van der Waals surface area contributed by atoms with Crippen molar-refractivity contribution in [3.05, 3.63) is 36.0 Å². The number of morpholine rings is 1. The van der Waals surface area contributed by atoms with Crippen molar-refractivity contribution in [3.8, 4) is 0 Å². The van der Waals surface area contributed by atoms with Crippen LogP contribution in [0.25, 0.3) is 10.9 Å². The SMILES string of the molecule is CN1CCOCC1c1cc2ccccc2[nH]1. The minimum absolute atomic E-state index is 0.362. The zero-order valence-electron chi connectivity index (χ0n) is 9.44. The third kappa shape index (κ3) is 1.62. The minimum Gasteiger partial charge on any atom is -0.378 e. The van der Waals surface area contributed by atoms with Gasteiger partial charge in [-0.3, -0.25) is 4.90 Å². The summed E-state index contributed by atoms with van der Waals surface area (Å²) in [6.07, 6.45) is 0. The Bertz CT molecular complexity index is 458. The lowest BCUT2D eigenvalue weighted by molar-refractivity contribution is 0.00378. The molecule has 1 atom stereocenters. The number of H-pyrrole nitrogens is 1. The van der Waals surface area contributed by atoms with Crippen LogP contribution >= 0.6 is 0 Å². The maximum Gasteiger partial charge on any atom is 0.0734 e. The van der Waals surface area contributed by atoms with Crippen molar-refractivity contribution in [1.29, 1.82) is 0 Å². The Kier molecular flexibility index (Phi) is 2.42. The molecule has 0 amide bonds. The van der Waals surface area contributed by atoms with Gasteiger partial charge in [-0.1, -0.05) is 18.2 Å². The molecule has 1 fully saturated rings. The van der Waals surface area contributed by atoms with Crippen molar-refractivity contribution in [2.24, 2.45) is 0 Å². The van der Waals surface area contributed by atoms with Gasteiger partial charge in [-0.15, -0.1) is 0 Å². The monoisotopic (exact) mass is 216 g/mol. The number of aromatic amines is 1. The normalized spacial score (nSPS) is 22.7. The van der Waals surface area contributed by atoms with E-state index in [0.717, 1.165) is 19.8 Å². The summed E-state index contributed by atoms with van der Waals surface area (Å²) in [5, 5.41) is 1.27. The zero-order valence-corrected chi connectivity index (χ0v) is 9.44. The first kappa shape index (κ1) is 9.87. The number of benzene rings is 1. The number of nitrogens with zero attached hydrogens (tertiary/aromatic N) is 1. The van der Waals surface area contributed by atoms with Crippen LogP contribution in [0.4, 0.5) is 0 Å². The Morgan fingerprint density at radius 1 is 1.38 bits per heavy atom. The van der Waals surface area contributed by atoms with E-state index in [-0.39, 0.29) is 0 Å². The van der Waals surface area contributed by atoms with E-state index in [2.05, 4.69) is 47.3 Å². The molecular weight excluding hydrogens is 200 g/mol. The largest absolute Gasteiger partial charge is 0.378 e. The zero-order chi connectivity index (χ0) is 11.0. The Hall–Kier alpha value is -1.32. The molecule has 1 N–H and O–H groups in total. The highest BCUT2D eigenvalue weighted by atomic mass is 16.5. The van der Waals surface area contributed by atoms with Gasteiger partial charge in [0.2, 0.25) is 0 Å². The van der Waals surface area contributed by atoms with E-state index in [0.29, 0.717) is 6.04 Å². The first-order valence-electron chi connectivity index (χ1n) is 5.70. The van der Waals surface area contributed by atoms with Crippen LogP contribution in [0.1, 0.15) is 11.7 Å². The van der Waals surface area contributed by atoms with E-state index in [4.69, 9.17) is 4.74 Å². The van der Waals surface area contributed by atoms with Gasteiger partial charge >= 0.3 is 0 Å². The molecule has 2 heterocycles. The van der Waals surface area contributed by atoms with Gasteiger partial charge in [-0.05, 0) is 24.6 Å². The van der Waals surface area contributed by atoms with Crippen molar-refractivity contribution in [2.45, 2.75) is 6.04 Å². The Balaban J connectivity index is 1.98. The van der Waals surface area contributed by atoms with Gasteiger partial charge in [0.15, 0.2) is 0 Å². The standard InChI is InChI=1S/C13H16N2O/c1-15-6-7-16-9-13(15)12-8-10-4-2-3-5-11(10)14-12/h2-5,8,13-14H,6-7,9H2,1H3. The molecule has 1 aliphatic rings. The van der Waals surface area contributed by atoms with Crippen molar-refractivity contribution >= 4 is 10.9 Å². The van der Waals surface area contributed by atoms with Crippen LogP contribution in [0.3, 0.4) is 0 Å². The molecule has 1 saturated heterocycles. The molecule has 1 unspecified atom stereocenters. The summed E-state index contributed by atoms with van der Waals surface area (Å²) in [5.74, 6) is 0. The highest BCUT2D eigenvalue weighted by Crippen LogP contribution is 2.25. The van der Waals surface area contributed by atoms with Crippen molar-refractivity contribution in [2.75, 3.05) is 26.8 Å². The van der Waals surface area contributed by atoms with Crippen LogP contribution < -0.4 is 0 Å². The van der Waals surface area contributed by atoms with Gasteiger partial charge in [-0.25, -0.2) is 0 Å².